The van der Waals surface area contributed by atoms with Gasteiger partial charge in [0, 0.05) is 0 Å². The molecule has 70 valence electrons. The molecule has 0 N–H and O–H groups in total. The third kappa shape index (κ3) is 2.06. The lowest BCUT2D eigenvalue weighted by molar-refractivity contribution is 0.565. The number of hydrogen-bond acceptors (Lipinski definition) is 1. The van der Waals surface area contributed by atoms with Crippen LogP contribution < -0.4 is 4.43 Å². The minimum atomic E-state index is -1.92. The van der Waals surface area contributed by atoms with Gasteiger partial charge < -0.3 is 4.43 Å². The average Bonchev–Trinajstić information content (AvgIpc) is 2.21. The lowest BCUT2D eigenvalue weighted by Gasteiger charge is -2.19. The highest BCUT2D eigenvalue weighted by atomic mass is 35.6. The van der Waals surface area contributed by atoms with Crippen LogP contribution in [0.4, 0.5) is 0 Å². The first kappa shape index (κ1) is 9.10. The molecule has 1 unspecified atom stereocenters. The van der Waals surface area contributed by atoms with E-state index in [0.717, 1.165) is 24.6 Å². The van der Waals surface area contributed by atoms with Crippen LogP contribution in [0.5, 0.6) is 5.75 Å². The van der Waals surface area contributed by atoms with Gasteiger partial charge in [0.2, 0.25) is 0 Å². The van der Waals surface area contributed by atoms with Gasteiger partial charge in [0.15, 0.2) is 0 Å². The summed E-state index contributed by atoms with van der Waals surface area (Å²) in [6.45, 7) is 2.07. The minimum absolute atomic E-state index is 1.00. The van der Waals surface area contributed by atoms with E-state index in [0.29, 0.717) is 0 Å². The zero-order valence-corrected chi connectivity index (χ0v) is 9.47. The highest BCUT2D eigenvalue weighted by Crippen LogP contribution is 2.31. The van der Waals surface area contributed by atoms with Gasteiger partial charge in [-0.3, -0.25) is 0 Å². The molecule has 0 fully saturated rings. The molecular weight excluding hydrogens is 200 g/mol. The summed E-state index contributed by atoms with van der Waals surface area (Å²) in [5.74, 6) is 1.00. The summed E-state index contributed by atoms with van der Waals surface area (Å²) in [5.41, 5.74) is 1.30. The van der Waals surface area contributed by atoms with Gasteiger partial charge in [-0.1, -0.05) is 18.2 Å². The van der Waals surface area contributed by atoms with Crippen molar-refractivity contribution in [3.05, 3.63) is 29.8 Å². The van der Waals surface area contributed by atoms with Gasteiger partial charge in [0.25, 0.3) is 0 Å². The monoisotopic (exact) mass is 212 g/mol. The third-order valence-corrected chi connectivity index (χ3v) is 5.06. The number of para-hydroxylation sites is 1. The van der Waals surface area contributed by atoms with E-state index < -0.39 is 7.63 Å². The number of rotatable bonds is 0. The summed E-state index contributed by atoms with van der Waals surface area (Å²) in [7, 11) is -1.92. The largest absolute Gasteiger partial charge is 0.529 e. The van der Waals surface area contributed by atoms with E-state index in [4.69, 9.17) is 15.5 Å². The number of benzene rings is 1. The first-order chi connectivity index (χ1) is 6.17. The van der Waals surface area contributed by atoms with E-state index >= 15 is 0 Å². The summed E-state index contributed by atoms with van der Waals surface area (Å²) >= 11 is 6.32. The topological polar surface area (TPSA) is 9.23 Å². The highest BCUT2D eigenvalue weighted by molar-refractivity contribution is 7.16. The number of hydrogen-bond donors (Lipinski definition) is 0. The number of halogens is 1. The summed E-state index contributed by atoms with van der Waals surface area (Å²) in [6, 6.07) is 9.26. The van der Waals surface area contributed by atoms with Crippen molar-refractivity contribution >= 4 is 18.7 Å². The van der Waals surface area contributed by atoms with Gasteiger partial charge in [-0.15, -0.1) is 11.1 Å². The Balaban J connectivity index is 2.34. The molecule has 0 aliphatic carbocycles. The molecule has 1 aromatic rings. The Morgan fingerprint density at radius 1 is 1.38 bits per heavy atom. The fourth-order valence-electron chi connectivity index (χ4n) is 1.68. The van der Waals surface area contributed by atoms with Gasteiger partial charge >= 0.3 is 7.63 Å². The molecule has 1 atom stereocenters. The lowest BCUT2D eigenvalue weighted by Crippen LogP contribution is -2.30. The van der Waals surface area contributed by atoms with Crippen molar-refractivity contribution < 1.29 is 4.43 Å². The van der Waals surface area contributed by atoms with Crippen LogP contribution in [0.1, 0.15) is 12.0 Å². The van der Waals surface area contributed by atoms with Crippen molar-refractivity contribution in [2.75, 3.05) is 0 Å². The molecule has 2 rings (SSSR count). The molecule has 1 aliphatic rings. The predicted octanol–water partition coefficient (Wildman–Crippen LogP) is 3.32. The van der Waals surface area contributed by atoms with Crippen LogP contribution in [0.25, 0.3) is 0 Å². The van der Waals surface area contributed by atoms with E-state index in [1.165, 1.54) is 5.56 Å². The predicted molar refractivity (Wildman–Crippen MR) is 57.7 cm³/mol. The van der Waals surface area contributed by atoms with Crippen molar-refractivity contribution in [2.24, 2.45) is 0 Å². The maximum atomic E-state index is 6.32. The second-order valence-electron chi connectivity index (χ2n) is 3.67. The number of aryl methyl sites for hydroxylation is 1. The van der Waals surface area contributed by atoms with Crippen LogP contribution in [0.2, 0.25) is 12.6 Å². The van der Waals surface area contributed by atoms with Crippen LogP contribution in [-0.4, -0.2) is 7.63 Å². The smallest absolute Gasteiger partial charge is 0.344 e. The second-order valence-corrected chi connectivity index (χ2v) is 8.97. The van der Waals surface area contributed by atoms with E-state index in [2.05, 4.69) is 18.7 Å². The fraction of sp³-hybridized carbons (Fsp3) is 0.400. The van der Waals surface area contributed by atoms with E-state index in [9.17, 15) is 0 Å². The van der Waals surface area contributed by atoms with Crippen molar-refractivity contribution in [1.29, 1.82) is 0 Å². The van der Waals surface area contributed by atoms with Gasteiger partial charge in [-0.25, -0.2) is 0 Å². The molecule has 0 aromatic heterocycles. The van der Waals surface area contributed by atoms with Crippen molar-refractivity contribution in [1.82, 2.24) is 0 Å². The molecule has 0 spiro atoms. The minimum Gasteiger partial charge on any atom is -0.529 e. The molecule has 3 heteroatoms. The van der Waals surface area contributed by atoms with Gasteiger partial charge in [0.05, 0.1) is 0 Å². The van der Waals surface area contributed by atoms with Crippen LogP contribution in [0, 0.1) is 0 Å². The Labute approximate surface area is 84.5 Å². The van der Waals surface area contributed by atoms with E-state index in [1.54, 1.807) is 0 Å². The van der Waals surface area contributed by atoms with Gasteiger partial charge in [0.1, 0.15) is 5.75 Å². The van der Waals surface area contributed by atoms with Gasteiger partial charge in [-0.05, 0) is 37.1 Å². The fourth-order valence-corrected chi connectivity index (χ4v) is 3.90. The molecular formula is C10H13ClOSi. The van der Waals surface area contributed by atoms with Crippen LogP contribution in [0.15, 0.2) is 24.3 Å². The summed E-state index contributed by atoms with van der Waals surface area (Å²) < 4.78 is 5.85. The lowest BCUT2D eigenvalue weighted by atomic mass is 10.1. The Kier molecular flexibility index (Phi) is 2.34. The Hall–Kier alpha value is -0.473. The molecule has 0 radical (unpaired) electrons. The van der Waals surface area contributed by atoms with Crippen LogP contribution >= 0.6 is 11.1 Å². The van der Waals surface area contributed by atoms with E-state index in [-0.39, 0.29) is 0 Å². The van der Waals surface area contributed by atoms with Crippen molar-refractivity contribution in [3.63, 3.8) is 0 Å². The molecule has 13 heavy (non-hydrogen) atoms. The summed E-state index contributed by atoms with van der Waals surface area (Å²) in [4.78, 5) is 0. The summed E-state index contributed by atoms with van der Waals surface area (Å²) in [6.07, 6.45) is 2.26. The maximum Gasteiger partial charge on any atom is 0.344 e. The number of fused-ring (bicyclic) bond motifs is 1. The maximum absolute atomic E-state index is 6.32. The summed E-state index contributed by atoms with van der Waals surface area (Å²) in [5, 5.41) is 0. The zero-order chi connectivity index (χ0) is 9.31. The molecule has 1 aliphatic heterocycles. The van der Waals surface area contributed by atoms with Crippen molar-refractivity contribution in [2.45, 2.75) is 25.4 Å². The highest BCUT2D eigenvalue weighted by Gasteiger charge is 2.30. The Bertz CT molecular complexity index is 312. The standard InChI is InChI=1S/C10H13ClOSi/c1-13(11)8-4-6-9-5-2-3-7-10(9)12-13/h2-3,5,7H,4,6,8H2,1H3. The Morgan fingerprint density at radius 2 is 2.15 bits per heavy atom. The molecule has 0 saturated carbocycles. The van der Waals surface area contributed by atoms with Gasteiger partial charge in [-0.2, -0.15) is 0 Å². The quantitative estimate of drug-likeness (QED) is 0.474. The van der Waals surface area contributed by atoms with Crippen LogP contribution in [-0.2, 0) is 6.42 Å². The molecule has 1 aromatic carbocycles. The third-order valence-electron chi connectivity index (χ3n) is 2.36. The average molecular weight is 213 g/mol. The molecule has 1 heterocycles. The zero-order valence-electron chi connectivity index (χ0n) is 7.72. The second kappa shape index (κ2) is 3.35. The van der Waals surface area contributed by atoms with Crippen LogP contribution in [0.3, 0.4) is 0 Å². The first-order valence-corrected chi connectivity index (χ1v) is 8.26. The molecule has 1 nitrogen and oxygen atoms in total. The molecule has 0 saturated heterocycles. The first-order valence-electron chi connectivity index (χ1n) is 4.63. The normalized spacial score (nSPS) is 27.2. The van der Waals surface area contributed by atoms with Crippen molar-refractivity contribution in [3.8, 4) is 5.75 Å². The Morgan fingerprint density at radius 3 is 3.00 bits per heavy atom. The van der Waals surface area contributed by atoms with E-state index in [1.807, 2.05) is 12.1 Å². The molecule has 0 amide bonds. The SMILES string of the molecule is C[Si]1(Cl)CCCc2ccccc2O1. The molecule has 0 bridgehead atoms.